The molecule has 0 bridgehead atoms. The molecule has 2 aliphatic rings. The minimum absolute atomic E-state index is 0.0124. The number of alkyl carbamates (subject to hydrolysis) is 1. The van der Waals surface area contributed by atoms with Crippen molar-refractivity contribution in [1.82, 2.24) is 5.32 Å². The van der Waals surface area contributed by atoms with Gasteiger partial charge in [-0.25, -0.2) is 13.2 Å². The average Bonchev–Trinajstić information content (AvgIpc) is 3.16. The molecule has 2 fully saturated rings. The summed E-state index contributed by atoms with van der Waals surface area (Å²) in [6, 6.07) is 4.81. The summed E-state index contributed by atoms with van der Waals surface area (Å²) in [7, 11) is -0.162. The van der Waals surface area contributed by atoms with Crippen molar-refractivity contribution < 1.29 is 32.2 Å². The zero-order valence-electron chi connectivity index (χ0n) is 19.3. The van der Waals surface area contributed by atoms with Crippen molar-refractivity contribution in [3.05, 3.63) is 18.2 Å². The van der Waals surface area contributed by atoms with Crippen LogP contribution in [0.25, 0.3) is 0 Å². The fourth-order valence-electron chi connectivity index (χ4n) is 3.58. The Morgan fingerprint density at radius 3 is 2.58 bits per heavy atom. The van der Waals surface area contributed by atoms with E-state index in [0.717, 1.165) is 0 Å². The first-order valence-corrected chi connectivity index (χ1v) is 13.1. The van der Waals surface area contributed by atoms with Gasteiger partial charge in [0.1, 0.15) is 17.1 Å². The summed E-state index contributed by atoms with van der Waals surface area (Å²) in [5.74, 6) is 0.598. The minimum atomic E-state index is -3.21. The lowest BCUT2D eigenvalue weighted by molar-refractivity contribution is -0.117. The number of methoxy groups -OCH3 is 2. The summed E-state index contributed by atoms with van der Waals surface area (Å²) in [5, 5.41) is 2.68. The Bertz CT molecular complexity index is 1050. The van der Waals surface area contributed by atoms with Crippen molar-refractivity contribution in [3.8, 4) is 11.5 Å². The van der Waals surface area contributed by atoms with Crippen molar-refractivity contribution in [1.29, 1.82) is 0 Å². The first-order chi connectivity index (χ1) is 15.4. The number of sulfone groups is 1. The highest BCUT2D eigenvalue weighted by Crippen LogP contribution is 2.45. The van der Waals surface area contributed by atoms with E-state index in [0.29, 0.717) is 22.4 Å². The summed E-state index contributed by atoms with van der Waals surface area (Å²) in [6.07, 6.45) is -0.638. The molecule has 0 aromatic heterocycles. The molecule has 2 heterocycles. The Balaban J connectivity index is 1.81. The maximum atomic E-state index is 12.6. The molecule has 2 atom stereocenters. The van der Waals surface area contributed by atoms with Gasteiger partial charge in [0.25, 0.3) is 0 Å². The van der Waals surface area contributed by atoms with Crippen molar-refractivity contribution in [2.45, 2.75) is 44.1 Å². The predicted molar refractivity (Wildman–Crippen MR) is 127 cm³/mol. The third-order valence-electron chi connectivity index (χ3n) is 4.94. The third kappa shape index (κ3) is 6.32. The second kappa shape index (κ2) is 9.80. The topological polar surface area (TPSA) is 124 Å². The van der Waals surface area contributed by atoms with Crippen molar-refractivity contribution in [2.75, 3.05) is 37.2 Å². The molecule has 2 aliphatic heterocycles. The van der Waals surface area contributed by atoms with Gasteiger partial charge in [-0.15, -0.1) is 0 Å². The monoisotopic (exact) mass is 499 g/mol. The van der Waals surface area contributed by atoms with Crippen LogP contribution in [0, 0.1) is 0 Å². The summed E-state index contributed by atoms with van der Waals surface area (Å²) < 4.78 is 40.5. The number of rotatable bonds is 6. The van der Waals surface area contributed by atoms with Gasteiger partial charge in [0.2, 0.25) is 5.91 Å². The molecule has 12 heteroatoms. The average molecular weight is 500 g/mol. The largest absolute Gasteiger partial charge is 0.497 e. The van der Waals surface area contributed by atoms with E-state index in [9.17, 15) is 18.0 Å². The number of benzene rings is 1. The highest BCUT2D eigenvalue weighted by Gasteiger charge is 2.50. The van der Waals surface area contributed by atoms with Gasteiger partial charge in [-0.2, -0.15) is 4.99 Å². The number of thioether (sulfide) groups is 1. The van der Waals surface area contributed by atoms with Crippen LogP contribution in [0.4, 0.5) is 10.5 Å². The Kier molecular flexibility index (Phi) is 7.47. The molecule has 1 aromatic rings. The van der Waals surface area contributed by atoms with Crippen LogP contribution in [0.3, 0.4) is 0 Å². The molecule has 0 spiro atoms. The second-order valence-electron chi connectivity index (χ2n) is 8.68. The number of aliphatic imine (C=N–C) groups is 1. The van der Waals surface area contributed by atoms with Crippen LogP contribution in [0.1, 0.15) is 27.2 Å². The van der Waals surface area contributed by atoms with E-state index in [-0.39, 0.29) is 35.8 Å². The Hall–Kier alpha value is -2.47. The standard InChI is InChI=1S/C21H29N3O7S2/c1-21(2,3)31-20(26)22-9-8-18(25)23-19-24(15-11-33(27,28)12-17(15)32-19)14-10-13(29-4)6-7-16(14)30-5/h6-7,10,15,17H,8-9,11-12H2,1-5H3,(H,22,26)/t15-,17+/m1/s1. The van der Waals surface area contributed by atoms with Gasteiger partial charge >= 0.3 is 6.09 Å². The highest BCUT2D eigenvalue weighted by molar-refractivity contribution is 8.16. The molecule has 0 radical (unpaired) electrons. The molecule has 0 aliphatic carbocycles. The molecule has 2 saturated heterocycles. The van der Waals surface area contributed by atoms with Crippen LogP contribution >= 0.6 is 11.8 Å². The lowest BCUT2D eigenvalue weighted by Gasteiger charge is -2.26. The Morgan fingerprint density at radius 1 is 1.21 bits per heavy atom. The van der Waals surface area contributed by atoms with E-state index >= 15 is 0 Å². The fraction of sp³-hybridized carbons (Fsp3) is 0.571. The smallest absolute Gasteiger partial charge is 0.407 e. The molecule has 1 N–H and O–H groups in total. The van der Waals surface area contributed by atoms with E-state index in [1.807, 2.05) is 0 Å². The number of ether oxygens (including phenoxy) is 3. The quantitative estimate of drug-likeness (QED) is 0.627. The van der Waals surface area contributed by atoms with E-state index < -0.39 is 27.4 Å². The number of nitrogens with zero attached hydrogens (tertiary/aromatic N) is 2. The summed E-state index contributed by atoms with van der Waals surface area (Å²) in [5.41, 5.74) is -0.0594. The van der Waals surface area contributed by atoms with Gasteiger partial charge < -0.3 is 24.4 Å². The first kappa shape index (κ1) is 25.2. The number of anilines is 1. The van der Waals surface area contributed by atoms with Crippen LogP contribution in [0.2, 0.25) is 0 Å². The van der Waals surface area contributed by atoms with Gasteiger partial charge in [0, 0.05) is 24.3 Å². The third-order valence-corrected chi connectivity index (χ3v) is 8.15. The predicted octanol–water partition coefficient (Wildman–Crippen LogP) is 2.22. The molecular weight excluding hydrogens is 470 g/mol. The maximum Gasteiger partial charge on any atom is 0.407 e. The van der Waals surface area contributed by atoms with Crippen molar-refractivity contribution in [2.24, 2.45) is 4.99 Å². The number of carbonyl (C=O) groups is 2. The zero-order chi connectivity index (χ0) is 24.4. The number of hydrogen-bond donors (Lipinski definition) is 1. The molecule has 182 valence electrons. The molecule has 0 unspecified atom stereocenters. The first-order valence-electron chi connectivity index (χ1n) is 10.4. The number of hydrogen-bond acceptors (Lipinski definition) is 8. The van der Waals surface area contributed by atoms with E-state index in [1.54, 1.807) is 43.9 Å². The molecule has 3 rings (SSSR count). The minimum Gasteiger partial charge on any atom is -0.497 e. The van der Waals surface area contributed by atoms with Gasteiger partial charge in [-0.3, -0.25) is 4.79 Å². The number of fused-ring (bicyclic) bond motifs is 1. The molecule has 33 heavy (non-hydrogen) atoms. The van der Waals surface area contributed by atoms with Crippen LogP contribution < -0.4 is 19.7 Å². The van der Waals surface area contributed by atoms with Crippen LogP contribution in [-0.2, 0) is 19.4 Å². The molecule has 1 aromatic carbocycles. The Labute approximate surface area is 198 Å². The van der Waals surface area contributed by atoms with E-state index in [1.165, 1.54) is 26.0 Å². The van der Waals surface area contributed by atoms with Gasteiger partial charge in [0.05, 0.1) is 37.5 Å². The SMILES string of the molecule is COc1ccc(OC)c(N2C(=NC(=O)CCNC(=O)OC(C)(C)C)S[C@H]3CS(=O)(=O)C[C@H]32)c1. The van der Waals surface area contributed by atoms with Crippen LogP contribution in [-0.4, -0.2) is 74.7 Å². The van der Waals surface area contributed by atoms with Gasteiger partial charge in [-0.1, -0.05) is 11.8 Å². The van der Waals surface area contributed by atoms with Crippen molar-refractivity contribution in [3.63, 3.8) is 0 Å². The summed E-state index contributed by atoms with van der Waals surface area (Å²) >= 11 is 1.26. The lowest BCUT2D eigenvalue weighted by Crippen LogP contribution is -2.38. The fourth-order valence-corrected chi connectivity index (χ4v) is 7.50. The zero-order valence-corrected chi connectivity index (χ0v) is 20.9. The van der Waals surface area contributed by atoms with Gasteiger partial charge in [-0.05, 0) is 32.9 Å². The maximum absolute atomic E-state index is 12.6. The number of nitrogens with one attached hydrogen (secondary N) is 1. The number of carbonyl (C=O) groups excluding carboxylic acids is 2. The van der Waals surface area contributed by atoms with Crippen molar-refractivity contribution >= 4 is 44.5 Å². The normalized spacial score (nSPS) is 22.7. The van der Waals surface area contributed by atoms with Gasteiger partial charge in [0.15, 0.2) is 15.0 Å². The molecule has 0 saturated carbocycles. The van der Waals surface area contributed by atoms with E-state index in [2.05, 4.69) is 10.3 Å². The Morgan fingerprint density at radius 2 is 1.94 bits per heavy atom. The number of amidine groups is 1. The van der Waals surface area contributed by atoms with E-state index in [4.69, 9.17) is 14.2 Å². The number of amides is 2. The van der Waals surface area contributed by atoms with Crippen LogP contribution in [0.5, 0.6) is 11.5 Å². The molecule has 10 nitrogen and oxygen atoms in total. The molecule has 2 amide bonds. The summed E-state index contributed by atoms with van der Waals surface area (Å²) in [6.45, 7) is 5.32. The summed E-state index contributed by atoms with van der Waals surface area (Å²) in [4.78, 5) is 30.3. The second-order valence-corrected chi connectivity index (χ2v) is 12.0. The lowest BCUT2D eigenvalue weighted by atomic mass is 10.2. The van der Waals surface area contributed by atoms with Crippen LogP contribution in [0.15, 0.2) is 23.2 Å². The highest BCUT2D eigenvalue weighted by atomic mass is 32.2. The molecular formula is C21H29N3O7S2.